The molecule has 1 aromatic rings. The number of anilines is 1. The largest absolute Gasteiger partial charge is 0.375 e. The van der Waals surface area contributed by atoms with Crippen molar-refractivity contribution in [2.75, 3.05) is 18.5 Å². The molecule has 0 unspecified atom stereocenters. The third-order valence-electron chi connectivity index (χ3n) is 2.10. The molecule has 0 heterocycles. The van der Waals surface area contributed by atoms with Gasteiger partial charge in [-0.2, -0.15) is 0 Å². The lowest BCUT2D eigenvalue weighted by atomic mass is 10.2. The Morgan fingerprint density at radius 2 is 2.00 bits per heavy atom. The van der Waals surface area contributed by atoms with Crippen molar-refractivity contribution in [2.24, 2.45) is 0 Å². The van der Waals surface area contributed by atoms with Crippen LogP contribution in [0.1, 0.15) is 12.8 Å². The lowest BCUT2D eigenvalue weighted by molar-refractivity contribution is 0.802. The number of rotatable bonds is 5. The van der Waals surface area contributed by atoms with Crippen LogP contribution in [0.25, 0.3) is 0 Å². The molecule has 0 spiro atoms. The molecule has 0 atom stereocenters. The van der Waals surface area contributed by atoms with Gasteiger partial charge in [0.1, 0.15) is 0 Å². The van der Waals surface area contributed by atoms with E-state index in [0.29, 0.717) is 0 Å². The lowest BCUT2D eigenvalue weighted by Gasteiger charge is -2.18. The van der Waals surface area contributed by atoms with Gasteiger partial charge in [0.25, 0.3) is 0 Å². The van der Waals surface area contributed by atoms with Crippen LogP contribution in [0.4, 0.5) is 5.69 Å². The van der Waals surface area contributed by atoms with E-state index in [0.717, 1.165) is 13.0 Å². The van der Waals surface area contributed by atoms with Gasteiger partial charge in [-0.05, 0) is 25.0 Å². The van der Waals surface area contributed by atoms with Gasteiger partial charge in [-0.15, -0.1) is 6.58 Å². The van der Waals surface area contributed by atoms with Crippen molar-refractivity contribution in [3.05, 3.63) is 43.0 Å². The van der Waals surface area contributed by atoms with Gasteiger partial charge in [0.05, 0.1) is 0 Å². The first kappa shape index (κ1) is 9.85. The average Bonchev–Trinajstić information content (AvgIpc) is 2.19. The Hall–Kier alpha value is -1.24. The first-order valence-corrected chi connectivity index (χ1v) is 4.71. The summed E-state index contributed by atoms with van der Waals surface area (Å²) < 4.78 is 0. The normalized spacial score (nSPS) is 9.62. The summed E-state index contributed by atoms with van der Waals surface area (Å²) in [7, 11) is 2.12. The molecule has 0 aliphatic rings. The number of hydrogen-bond acceptors (Lipinski definition) is 1. The molecule has 13 heavy (non-hydrogen) atoms. The van der Waals surface area contributed by atoms with Gasteiger partial charge in [0.2, 0.25) is 0 Å². The van der Waals surface area contributed by atoms with Crippen LogP contribution >= 0.6 is 0 Å². The number of benzene rings is 1. The summed E-state index contributed by atoms with van der Waals surface area (Å²) in [4.78, 5) is 2.27. The molecule has 0 aliphatic carbocycles. The van der Waals surface area contributed by atoms with Crippen molar-refractivity contribution in [1.82, 2.24) is 0 Å². The molecule has 0 aromatic heterocycles. The number of para-hydroxylation sites is 1. The second-order valence-corrected chi connectivity index (χ2v) is 3.19. The molecule has 0 amide bonds. The fourth-order valence-corrected chi connectivity index (χ4v) is 1.28. The van der Waals surface area contributed by atoms with E-state index in [9.17, 15) is 0 Å². The predicted molar refractivity (Wildman–Crippen MR) is 59.1 cm³/mol. The maximum absolute atomic E-state index is 3.71. The van der Waals surface area contributed by atoms with Gasteiger partial charge in [0.15, 0.2) is 0 Å². The molecule has 0 saturated carbocycles. The Morgan fingerprint density at radius 1 is 1.31 bits per heavy atom. The summed E-state index contributed by atoms with van der Waals surface area (Å²) in [5.74, 6) is 0. The van der Waals surface area contributed by atoms with Crippen molar-refractivity contribution >= 4 is 5.69 Å². The monoisotopic (exact) mass is 175 g/mol. The third kappa shape index (κ3) is 3.32. The van der Waals surface area contributed by atoms with Gasteiger partial charge >= 0.3 is 0 Å². The Balaban J connectivity index is 2.39. The molecule has 0 saturated heterocycles. The quantitative estimate of drug-likeness (QED) is 0.491. The molecule has 0 fully saturated rings. The molecule has 0 bridgehead atoms. The zero-order valence-electron chi connectivity index (χ0n) is 8.24. The Morgan fingerprint density at radius 3 is 2.62 bits per heavy atom. The Labute approximate surface area is 80.7 Å². The maximum Gasteiger partial charge on any atom is 0.0363 e. The van der Waals surface area contributed by atoms with E-state index in [4.69, 9.17) is 0 Å². The smallest absolute Gasteiger partial charge is 0.0363 e. The highest BCUT2D eigenvalue weighted by Crippen LogP contribution is 2.11. The fraction of sp³-hybridized carbons (Fsp3) is 0.333. The third-order valence-corrected chi connectivity index (χ3v) is 2.10. The van der Waals surface area contributed by atoms with Crippen LogP contribution in [0.2, 0.25) is 0 Å². The van der Waals surface area contributed by atoms with Gasteiger partial charge in [-0.25, -0.2) is 0 Å². The van der Waals surface area contributed by atoms with Crippen molar-refractivity contribution in [3.8, 4) is 0 Å². The fourth-order valence-electron chi connectivity index (χ4n) is 1.28. The molecule has 0 aliphatic heterocycles. The van der Waals surface area contributed by atoms with Crippen molar-refractivity contribution < 1.29 is 0 Å². The van der Waals surface area contributed by atoms with Crippen LogP contribution < -0.4 is 4.90 Å². The highest BCUT2D eigenvalue weighted by molar-refractivity contribution is 5.44. The van der Waals surface area contributed by atoms with Crippen LogP contribution in [0, 0.1) is 0 Å². The van der Waals surface area contributed by atoms with E-state index >= 15 is 0 Å². The Kier molecular flexibility index (Phi) is 4.10. The second-order valence-electron chi connectivity index (χ2n) is 3.19. The zero-order valence-corrected chi connectivity index (χ0v) is 8.24. The summed E-state index contributed by atoms with van der Waals surface area (Å²) in [6.07, 6.45) is 4.24. The van der Waals surface area contributed by atoms with Gasteiger partial charge in [-0.3, -0.25) is 0 Å². The molecule has 1 nitrogen and oxygen atoms in total. The molecular weight excluding hydrogens is 158 g/mol. The molecule has 1 aromatic carbocycles. The van der Waals surface area contributed by atoms with Crippen LogP contribution in [0.3, 0.4) is 0 Å². The minimum absolute atomic E-state index is 1.09. The Bertz CT molecular complexity index is 241. The minimum atomic E-state index is 1.09. The van der Waals surface area contributed by atoms with Crippen LogP contribution in [0.5, 0.6) is 0 Å². The average molecular weight is 175 g/mol. The molecule has 70 valence electrons. The summed E-state index contributed by atoms with van der Waals surface area (Å²) in [5.41, 5.74) is 1.28. The lowest BCUT2D eigenvalue weighted by Crippen LogP contribution is -2.17. The van der Waals surface area contributed by atoms with Crippen LogP contribution in [-0.2, 0) is 0 Å². The van der Waals surface area contributed by atoms with Gasteiger partial charge in [0, 0.05) is 19.3 Å². The van der Waals surface area contributed by atoms with E-state index in [2.05, 4.69) is 42.8 Å². The SMILES string of the molecule is C=CCCCN(C)c1ccccc1. The van der Waals surface area contributed by atoms with Crippen molar-refractivity contribution in [1.29, 1.82) is 0 Å². The zero-order chi connectivity index (χ0) is 9.52. The van der Waals surface area contributed by atoms with Crippen LogP contribution in [-0.4, -0.2) is 13.6 Å². The molecule has 0 N–H and O–H groups in total. The molecule has 1 rings (SSSR count). The molecule has 0 radical (unpaired) electrons. The van der Waals surface area contributed by atoms with Gasteiger partial charge < -0.3 is 4.90 Å². The van der Waals surface area contributed by atoms with Crippen LogP contribution in [0.15, 0.2) is 43.0 Å². The van der Waals surface area contributed by atoms with E-state index in [1.807, 2.05) is 12.1 Å². The number of nitrogens with zero attached hydrogens (tertiary/aromatic N) is 1. The first-order chi connectivity index (χ1) is 6.34. The van der Waals surface area contributed by atoms with E-state index < -0.39 is 0 Å². The van der Waals surface area contributed by atoms with E-state index in [1.54, 1.807) is 0 Å². The minimum Gasteiger partial charge on any atom is -0.375 e. The number of unbranched alkanes of at least 4 members (excludes halogenated alkanes) is 1. The highest BCUT2D eigenvalue weighted by Gasteiger charge is 1.97. The molecular formula is C12H17N. The second kappa shape index (κ2) is 5.41. The van der Waals surface area contributed by atoms with Gasteiger partial charge in [-0.1, -0.05) is 24.3 Å². The summed E-state index contributed by atoms with van der Waals surface area (Å²) in [6.45, 7) is 4.81. The number of allylic oxidation sites excluding steroid dienone is 1. The molecule has 1 heteroatoms. The summed E-state index contributed by atoms with van der Waals surface area (Å²) in [6, 6.07) is 10.4. The number of hydrogen-bond donors (Lipinski definition) is 0. The summed E-state index contributed by atoms with van der Waals surface area (Å²) >= 11 is 0. The predicted octanol–water partition coefficient (Wildman–Crippen LogP) is 3.09. The van der Waals surface area contributed by atoms with E-state index in [-0.39, 0.29) is 0 Å². The highest BCUT2D eigenvalue weighted by atomic mass is 15.1. The van der Waals surface area contributed by atoms with Crippen molar-refractivity contribution in [2.45, 2.75) is 12.8 Å². The van der Waals surface area contributed by atoms with E-state index in [1.165, 1.54) is 12.1 Å². The topological polar surface area (TPSA) is 3.24 Å². The standard InChI is InChI=1S/C12H17N/c1-3-4-8-11-13(2)12-9-6-5-7-10-12/h3,5-7,9-10H,1,4,8,11H2,2H3. The summed E-state index contributed by atoms with van der Waals surface area (Å²) in [5, 5.41) is 0. The van der Waals surface area contributed by atoms with Crippen molar-refractivity contribution in [3.63, 3.8) is 0 Å². The maximum atomic E-state index is 3.71. The first-order valence-electron chi connectivity index (χ1n) is 4.71.